The molecule has 0 radical (unpaired) electrons. The molecule has 0 saturated heterocycles. The van der Waals surface area contributed by atoms with Gasteiger partial charge in [0.2, 0.25) is 0 Å². The fraction of sp³-hybridized carbons (Fsp3) is 0. The van der Waals surface area contributed by atoms with Crippen molar-refractivity contribution in [3.63, 3.8) is 0 Å². The van der Waals surface area contributed by atoms with Crippen LogP contribution in [0.4, 0.5) is 0 Å². The quantitative estimate of drug-likeness (QED) is 0.410. The summed E-state index contributed by atoms with van der Waals surface area (Å²) in [6, 6.07) is 5.50. The van der Waals surface area contributed by atoms with Crippen molar-refractivity contribution >= 4 is 27.9 Å². The van der Waals surface area contributed by atoms with E-state index < -0.39 is 0 Å². The van der Waals surface area contributed by atoms with Crippen LogP contribution in [-0.4, -0.2) is 0 Å². The number of nitriles is 1. The Morgan fingerprint density at radius 2 is 2.40 bits per heavy atom. The van der Waals surface area contributed by atoms with Gasteiger partial charge in [0.05, 0.1) is 0 Å². The Morgan fingerprint density at radius 1 is 1.70 bits per heavy atom. The third-order valence-electron chi connectivity index (χ3n) is 0.752. The second-order valence-electron chi connectivity index (χ2n) is 1.29. The van der Waals surface area contributed by atoms with Gasteiger partial charge in [-0.3, -0.25) is 0 Å². The molecule has 0 fully saturated rings. The van der Waals surface area contributed by atoms with Crippen LogP contribution in [-0.2, 0) is 14.8 Å². The summed E-state index contributed by atoms with van der Waals surface area (Å²) in [4.78, 5) is 0. The van der Waals surface area contributed by atoms with Crippen LogP contribution in [0.2, 0.25) is 0 Å². The molecule has 0 spiro atoms. The summed E-state index contributed by atoms with van der Waals surface area (Å²) in [5.41, 5.74) is 0.684. The average molecular weight is 312 g/mol. The third-order valence-corrected chi connectivity index (χ3v) is 1.33. The van der Waals surface area contributed by atoms with Gasteiger partial charge in [0.1, 0.15) is 0 Å². The summed E-state index contributed by atoms with van der Waals surface area (Å²) >= 11 is 3.62. The molecular weight excluding hydrogens is 309 g/mol. The summed E-state index contributed by atoms with van der Waals surface area (Å²) in [5.74, 6) is 4.77. The van der Waals surface area contributed by atoms with Crippen molar-refractivity contribution in [2.24, 2.45) is 0 Å². The summed E-state index contributed by atoms with van der Waals surface area (Å²) in [6.45, 7) is 0. The average Bonchev–Trinajstić information content (AvgIpc) is 2.10. The molecule has 1 nitrogen and oxygen atoms in total. The number of hydrogen-bond donors (Lipinski definition) is 0. The molecule has 10 heavy (non-hydrogen) atoms. The Bertz CT molecular complexity index is 209. The topological polar surface area (TPSA) is 23.8 Å². The van der Waals surface area contributed by atoms with Gasteiger partial charge in [-0.1, -0.05) is 5.56 Å². The van der Waals surface area contributed by atoms with E-state index in [4.69, 9.17) is 5.26 Å². The van der Waals surface area contributed by atoms with Gasteiger partial charge < -0.3 is 0 Å². The van der Waals surface area contributed by atoms with E-state index in [1.165, 1.54) is 14.8 Å². The van der Waals surface area contributed by atoms with E-state index in [-0.39, 0.29) is 0 Å². The third kappa shape index (κ3) is 4.33. The minimum atomic E-state index is 0.684. The van der Waals surface area contributed by atoms with E-state index in [0.717, 1.165) is 8.19 Å². The van der Waals surface area contributed by atoms with Gasteiger partial charge in [-0.05, 0) is 0 Å². The first-order valence-corrected chi connectivity index (χ1v) is 12.4. The Labute approximate surface area is 82.8 Å². The molecule has 1 aromatic rings. The maximum atomic E-state index is 8.28. The van der Waals surface area contributed by atoms with Gasteiger partial charge >= 0.3 is 34.5 Å². The van der Waals surface area contributed by atoms with Crippen LogP contribution in [0, 0.1) is 17.1 Å². The Hall–Kier alpha value is 0.493. The summed E-state index contributed by atoms with van der Waals surface area (Å²) in [5, 5.41) is 8.28. The van der Waals surface area contributed by atoms with Gasteiger partial charge in [-0.2, -0.15) is 17.9 Å². The molecule has 0 N–H and O–H groups in total. The molecule has 1 aromatic heterocycles. The predicted octanol–water partition coefficient (Wildman–Crippen LogP) is 2.82. The van der Waals surface area contributed by atoms with Crippen LogP contribution in [0.25, 0.3) is 0 Å². The molecule has 1 rings (SSSR count). The molecule has 0 amide bonds. The number of halogens is 1. The molecule has 4 heteroatoms. The first-order valence-electron chi connectivity index (χ1n) is 2.42. The van der Waals surface area contributed by atoms with E-state index in [2.05, 4.69) is 25.5 Å². The fourth-order valence-electron chi connectivity index (χ4n) is 0.385. The summed E-state index contributed by atoms with van der Waals surface area (Å²) < 4.78 is 0. The van der Waals surface area contributed by atoms with E-state index in [1.807, 2.05) is 11.9 Å². The first kappa shape index (κ1) is 10.5. The zero-order valence-electron chi connectivity index (χ0n) is 5.21. The number of hydrogen-bond acceptors (Lipinski definition) is 1. The first-order chi connectivity index (χ1) is 4.93. The molecule has 0 unspecified atom stereocenters. The molecular formula is C6H3INPZn. The molecule has 0 atom stereocenters. The van der Waals surface area contributed by atoms with Gasteiger partial charge in [0, 0.05) is 6.07 Å². The number of rotatable bonds is 0. The maximum absolute atomic E-state index is 8.28. The van der Waals surface area contributed by atoms with Crippen molar-refractivity contribution < 1.29 is 14.8 Å². The molecule has 0 aliphatic rings. The molecule has 0 aliphatic heterocycles. The Morgan fingerprint density at radius 3 is 2.70 bits per heavy atom. The minimum absolute atomic E-state index is 0.684. The SMILES string of the molecule is N#Cc1c[c-]pcc1.[Zn+][I]. The van der Waals surface area contributed by atoms with Gasteiger partial charge in [0.25, 0.3) is 0 Å². The van der Waals surface area contributed by atoms with E-state index in [9.17, 15) is 0 Å². The molecule has 0 aliphatic carbocycles. The Kier molecular flexibility index (Phi) is 7.97. The van der Waals surface area contributed by atoms with Crippen LogP contribution in [0.5, 0.6) is 0 Å². The fourth-order valence-corrected chi connectivity index (χ4v) is 0.920. The van der Waals surface area contributed by atoms with Crippen molar-refractivity contribution in [2.45, 2.75) is 0 Å². The second-order valence-corrected chi connectivity index (χ2v) is 2.10. The monoisotopic (exact) mass is 311 g/mol. The standard InChI is InChI=1S/C6H3NP.HI.Zn/c7-5-6-1-3-8-4-2-6;;/h1-3H;1H;/q-1;;+2/p-1. The van der Waals surface area contributed by atoms with Crippen LogP contribution in [0.3, 0.4) is 0 Å². The van der Waals surface area contributed by atoms with Crippen molar-refractivity contribution in [1.29, 1.82) is 5.26 Å². The second kappa shape index (κ2) is 7.60. The predicted molar refractivity (Wildman–Crippen MR) is 46.5 cm³/mol. The van der Waals surface area contributed by atoms with Gasteiger partial charge in [0.15, 0.2) is 0 Å². The summed E-state index contributed by atoms with van der Waals surface area (Å²) in [7, 11) is 1.04. The Balaban J connectivity index is 0.000000371. The van der Waals surface area contributed by atoms with Crippen molar-refractivity contribution in [1.82, 2.24) is 0 Å². The number of nitrogens with zero attached hydrogens (tertiary/aromatic N) is 1. The van der Waals surface area contributed by atoms with Crippen molar-refractivity contribution in [2.75, 3.05) is 0 Å². The van der Waals surface area contributed by atoms with Crippen LogP contribution < -0.4 is 0 Å². The van der Waals surface area contributed by atoms with E-state index >= 15 is 0 Å². The molecule has 0 bridgehead atoms. The van der Waals surface area contributed by atoms with Crippen LogP contribution in [0.1, 0.15) is 5.56 Å². The van der Waals surface area contributed by atoms with Crippen molar-refractivity contribution in [3.8, 4) is 6.07 Å². The zero-order chi connectivity index (χ0) is 7.82. The molecule has 1 heterocycles. The summed E-state index contributed by atoms with van der Waals surface area (Å²) in [6.07, 6.45) is 0. The normalized spacial score (nSPS) is 7.80. The van der Waals surface area contributed by atoms with Gasteiger partial charge in [-0.25, -0.2) is 13.5 Å². The van der Waals surface area contributed by atoms with E-state index in [1.54, 1.807) is 12.1 Å². The van der Waals surface area contributed by atoms with Crippen molar-refractivity contribution in [3.05, 3.63) is 29.3 Å². The molecule has 0 aromatic carbocycles. The van der Waals surface area contributed by atoms with E-state index in [0.29, 0.717) is 5.56 Å². The van der Waals surface area contributed by atoms with Gasteiger partial charge in [-0.15, -0.1) is 5.80 Å². The molecule has 0 saturated carbocycles. The molecule has 46 valence electrons. The van der Waals surface area contributed by atoms with Crippen LogP contribution >= 0.6 is 27.9 Å². The van der Waals surface area contributed by atoms with Crippen LogP contribution in [0.15, 0.2) is 17.9 Å². The zero-order valence-corrected chi connectivity index (χ0v) is 11.2.